The van der Waals surface area contributed by atoms with E-state index in [1.54, 1.807) is 12.1 Å². The second-order valence-electron chi connectivity index (χ2n) is 3.28. The molecule has 1 amide bonds. The van der Waals surface area contributed by atoms with Gasteiger partial charge in [-0.3, -0.25) is 0 Å². The minimum atomic E-state index is -0.363. The molecule has 1 aromatic carbocycles. The monoisotopic (exact) mass is 211 g/mol. The zero-order valence-electron chi connectivity index (χ0n) is 7.66. The molecule has 0 spiro atoms. The van der Waals surface area contributed by atoms with Crippen LogP contribution in [0, 0.1) is 0 Å². The molecule has 0 aromatic heterocycles. The third kappa shape index (κ3) is 1.68. The Kier molecular flexibility index (Phi) is 2.33. The number of hydrogen-bond acceptors (Lipinski definition) is 2. The first-order valence-corrected chi connectivity index (χ1v) is 4.77. The second kappa shape index (κ2) is 3.50. The minimum absolute atomic E-state index is 0.0697. The lowest BCUT2D eigenvalue weighted by atomic mass is 10.0. The van der Waals surface area contributed by atoms with Gasteiger partial charge in [0.2, 0.25) is 0 Å². The Morgan fingerprint density at radius 2 is 2.00 bits per heavy atom. The van der Waals surface area contributed by atoms with Gasteiger partial charge in [-0.2, -0.15) is 0 Å². The quantitative estimate of drug-likeness (QED) is 0.775. The average Bonchev–Trinajstić information content (AvgIpc) is 2.47. The Morgan fingerprint density at radius 3 is 2.50 bits per heavy atom. The van der Waals surface area contributed by atoms with E-state index in [0.29, 0.717) is 5.02 Å². The topological polar surface area (TPSA) is 38.3 Å². The lowest BCUT2D eigenvalue weighted by Crippen LogP contribution is -2.20. The molecule has 0 bridgehead atoms. The molecule has 1 aromatic rings. The van der Waals surface area contributed by atoms with Crippen LogP contribution < -0.4 is 5.32 Å². The first kappa shape index (κ1) is 9.34. The van der Waals surface area contributed by atoms with Crippen LogP contribution >= 0.6 is 11.6 Å². The molecule has 2 atom stereocenters. The van der Waals surface area contributed by atoms with Gasteiger partial charge in [-0.1, -0.05) is 23.7 Å². The maximum Gasteiger partial charge on any atom is 0.408 e. The zero-order chi connectivity index (χ0) is 10.1. The minimum Gasteiger partial charge on any atom is -0.444 e. The van der Waals surface area contributed by atoms with E-state index in [-0.39, 0.29) is 18.2 Å². The van der Waals surface area contributed by atoms with Crippen LogP contribution in [0.4, 0.5) is 4.79 Å². The van der Waals surface area contributed by atoms with Gasteiger partial charge >= 0.3 is 6.09 Å². The molecule has 0 saturated carbocycles. The number of halogens is 1. The van der Waals surface area contributed by atoms with Crippen molar-refractivity contribution in [3.05, 3.63) is 34.9 Å². The maximum absolute atomic E-state index is 10.9. The number of carbonyl (C=O) groups excluding carboxylic acids is 1. The number of nitrogens with one attached hydrogen (secondary N) is 1. The predicted octanol–water partition coefficient (Wildman–Crippen LogP) is 2.51. The van der Waals surface area contributed by atoms with E-state index in [9.17, 15) is 4.79 Å². The summed E-state index contributed by atoms with van der Waals surface area (Å²) in [4.78, 5) is 10.9. The fourth-order valence-corrected chi connectivity index (χ4v) is 1.67. The van der Waals surface area contributed by atoms with Crippen molar-refractivity contribution in [1.82, 2.24) is 5.32 Å². The van der Waals surface area contributed by atoms with Crippen molar-refractivity contribution in [3.8, 4) is 0 Å². The van der Waals surface area contributed by atoms with Crippen molar-refractivity contribution in [2.75, 3.05) is 0 Å². The summed E-state index contributed by atoms with van der Waals surface area (Å²) in [6.45, 7) is 1.86. The highest BCUT2D eigenvalue weighted by molar-refractivity contribution is 6.30. The van der Waals surface area contributed by atoms with E-state index >= 15 is 0 Å². The summed E-state index contributed by atoms with van der Waals surface area (Å²) in [6.07, 6.45) is -0.499. The molecule has 0 aliphatic carbocycles. The van der Waals surface area contributed by atoms with Crippen LogP contribution in [0.5, 0.6) is 0 Å². The van der Waals surface area contributed by atoms with Gasteiger partial charge in [0.15, 0.2) is 0 Å². The summed E-state index contributed by atoms with van der Waals surface area (Å²) in [5.41, 5.74) is 1.01. The fraction of sp³-hybridized carbons (Fsp3) is 0.300. The maximum atomic E-state index is 10.9. The van der Waals surface area contributed by atoms with Gasteiger partial charge in [-0.15, -0.1) is 0 Å². The van der Waals surface area contributed by atoms with Crippen molar-refractivity contribution in [3.63, 3.8) is 0 Å². The second-order valence-corrected chi connectivity index (χ2v) is 3.72. The third-order valence-corrected chi connectivity index (χ3v) is 2.52. The largest absolute Gasteiger partial charge is 0.444 e. The van der Waals surface area contributed by atoms with E-state index in [4.69, 9.17) is 16.3 Å². The van der Waals surface area contributed by atoms with Crippen LogP contribution in [-0.4, -0.2) is 12.2 Å². The molecular formula is C10H10ClNO2. The Hall–Kier alpha value is -1.22. The van der Waals surface area contributed by atoms with Crippen molar-refractivity contribution >= 4 is 17.7 Å². The summed E-state index contributed by atoms with van der Waals surface area (Å²) in [7, 11) is 0. The van der Waals surface area contributed by atoms with E-state index < -0.39 is 0 Å². The molecule has 1 N–H and O–H groups in total. The molecule has 14 heavy (non-hydrogen) atoms. The number of alkyl carbamates (subject to hydrolysis) is 1. The van der Waals surface area contributed by atoms with Gasteiger partial charge in [0, 0.05) is 5.02 Å². The lowest BCUT2D eigenvalue weighted by Gasteiger charge is -2.12. The summed E-state index contributed by atoms with van der Waals surface area (Å²) in [6, 6.07) is 7.30. The number of hydrogen-bond donors (Lipinski definition) is 1. The predicted molar refractivity (Wildman–Crippen MR) is 53.3 cm³/mol. The number of rotatable bonds is 1. The third-order valence-electron chi connectivity index (χ3n) is 2.26. The van der Waals surface area contributed by atoms with Crippen LogP contribution in [0.15, 0.2) is 24.3 Å². The van der Waals surface area contributed by atoms with Gasteiger partial charge in [0.1, 0.15) is 6.10 Å². The van der Waals surface area contributed by atoms with E-state index in [1.165, 1.54) is 0 Å². The molecule has 1 heterocycles. The van der Waals surface area contributed by atoms with Crippen LogP contribution in [0.1, 0.15) is 18.5 Å². The zero-order valence-corrected chi connectivity index (χ0v) is 8.41. The fourth-order valence-electron chi connectivity index (χ4n) is 1.54. The van der Waals surface area contributed by atoms with E-state index in [1.807, 2.05) is 19.1 Å². The Balaban J connectivity index is 2.23. The molecule has 2 rings (SSSR count). The molecule has 0 radical (unpaired) electrons. The average molecular weight is 212 g/mol. The van der Waals surface area contributed by atoms with Crippen LogP contribution in [0.2, 0.25) is 5.02 Å². The number of amides is 1. The van der Waals surface area contributed by atoms with Crippen molar-refractivity contribution in [1.29, 1.82) is 0 Å². The summed E-state index contributed by atoms with van der Waals surface area (Å²) >= 11 is 5.76. The highest BCUT2D eigenvalue weighted by atomic mass is 35.5. The van der Waals surface area contributed by atoms with Crippen molar-refractivity contribution < 1.29 is 9.53 Å². The first-order chi connectivity index (χ1) is 6.66. The highest BCUT2D eigenvalue weighted by Gasteiger charge is 2.31. The van der Waals surface area contributed by atoms with Crippen LogP contribution in [0.3, 0.4) is 0 Å². The smallest absolute Gasteiger partial charge is 0.408 e. The molecule has 4 heteroatoms. The number of ether oxygens (including phenoxy) is 1. The Bertz CT molecular complexity index is 350. The molecule has 1 saturated heterocycles. The molecule has 1 aliphatic heterocycles. The normalized spacial score (nSPS) is 25.7. The number of carbonyl (C=O) groups is 1. The van der Waals surface area contributed by atoms with Gasteiger partial charge in [-0.05, 0) is 24.6 Å². The van der Waals surface area contributed by atoms with Crippen LogP contribution in [0.25, 0.3) is 0 Å². The standard InChI is InChI=1S/C10H10ClNO2/c1-6-9(12-10(13)14-6)7-2-4-8(11)5-3-7/h2-6,9H,1H3,(H,12,13)/t6-,9-/m0/s1. The molecule has 1 aliphatic rings. The highest BCUT2D eigenvalue weighted by Crippen LogP contribution is 2.25. The Labute approximate surface area is 87.0 Å². The lowest BCUT2D eigenvalue weighted by molar-refractivity contribution is 0.141. The van der Waals surface area contributed by atoms with Gasteiger partial charge < -0.3 is 10.1 Å². The van der Waals surface area contributed by atoms with Gasteiger partial charge in [0.05, 0.1) is 6.04 Å². The van der Waals surface area contributed by atoms with E-state index in [2.05, 4.69) is 5.32 Å². The van der Waals surface area contributed by atoms with Crippen LogP contribution in [-0.2, 0) is 4.74 Å². The SMILES string of the molecule is C[C@@H]1OC(=O)N[C@@H]1c1ccc(Cl)cc1. The van der Waals surface area contributed by atoms with E-state index in [0.717, 1.165) is 5.56 Å². The molecule has 3 nitrogen and oxygen atoms in total. The molecule has 0 unspecified atom stereocenters. The first-order valence-electron chi connectivity index (χ1n) is 4.39. The Morgan fingerprint density at radius 1 is 1.36 bits per heavy atom. The van der Waals surface area contributed by atoms with Crippen molar-refractivity contribution in [2.45, 2.75) is 19.1 Å². The summed E-state index contributed by atoms with van der Waals surface area (Å²) in [5, 5.41) is 3.42. The van der Waals surface area contributed by atoms with Gasteiger partial charge in [-0.25, -0.2) is 4.79 Å². The molecule has 74 valence electrons. The van der Waals surface area contributed by atoms with Crippen molar-refractivity contribution in [2.24, 2.45) is 0 Å². The summed E-state index contributed by atoms with van der Waals surface area (Å²) < 4.78 is 4.98. The molecule has 1 fully saturated rings. The summed E-state index contributed by atoms with van der Waals surface area (Å²) in [5.74, 6) is 0. The number of benzene rings is 1. The van der Waals surface area contributed by atoms with Gasteiger partial charge in [0.25, 0.3) is 0 Å². The molecular weight excluding hydrogens is 202 g/mol. The number of cyclic esters (lactones) is 1.